The molecule has 82 valence electrons. The lowest BCUT2D eigenvalue weighted by atomic mass is 10.2. The molecule has 0 bridgehead atoms. The molecule has 1 rings (SSSR count). The van der Waals surface area contributed by atoms with Gasteiger partial charge in [-0.15, -0.1) is 0 Å². The van der Waals surface area contributed by atoms with Crippen molar-refractivity contribution in [2.24, 2.45) is 0 Å². The summed E-state index contributed by atoms with van der Waals surface area (Å²) in [5.74, 6) is 0. The van der Waals surface area contributed by atoms with Gasteiger partial charge in [0, 0.05) is 14.3 Å². The first-order valence-corrected chi connectivity index (χ1v) is 9.28. The van der Waals surface area contributed by atoms with Crippen LogP contribution in [0.3, 0.4) is 0 Å². The van der Waals surface area contributed by atoms with Crippen molar-refractivity contribution in [1.82, 2.24) is 4.98 Å². The van der Waals surface area contributed by atoms with E-state index in [-0.39, 0.29) is 0 Å². The van der Waals surface area contributed by atoms with Crippen LogP contribution in [0.15, 0.2) is 30.5 Å². The molecule has 0 aliphatic heterocycles. The third-order valence-corrected chi connectivity index (χ3v) is 4.20. The average Bonchev–Trinajstić information content (AvgIpc) is 2.17. The highest BCUT2D eigenvalue weighted by molar-refractivity contribution is 6.76. The number of pyridine rings is 1. The van der Waals surface area contributed by atoms with Crippen molar-refractivity contribution in [2.75, 3.05) is 0 Å². The number of rotatable bonds is 4. The Morgan fingerprint density at radius 1 is 1.33 bits per heavy atom. The van der Waals surface area contributed by atoms with E-state index in [2.05, 4.69) is 43.7 Å². The lowest BCUT2D eigenvalue weighted by molar-refractivity contribution is 1.15. The number of hydrogen-bond acceptors (Lipinski definition) is 1. The quantitative estimate of drug-likeness (QED) is 0.691. The Kier molecular flexibility index (Phi) is 4.27. The molecule has 0 amide bonds. The Labute approximate surface area is 94.3 Å². The van der Waals surface area contributed by atoms with E-state index in [1.165, 1.54) is 18.0 Å². The Morgan fingerprint density at radius 3 is 2.60 bits per heavy atom. The standard InChI is InChI=1S/C13H21NSi/c1-12(8-7-11-15(2,3)4)13-9-5-6-10-14-13/h5-6,8-10H,7,11H2,1-4H3/b12-8+. The molecule has 0 aliphatic rings. The molecular formula is C13H21NSi. The Morgan fingerprint density at radius 2 is 2.07 bits per heavy atom. The highest BCUT2D eigenvalue weighted by Gasteiger charge is 2.10. The first-order valence-electron chi connectivity index (χ1n) is 5.57. The molecule has 0 atom stereocenters. The van der Waals surface area contributed by atoms with E-state index in [1.54, 1.807) is 0 Å². The van der Waals surface area contributed by atoms with Gasteiger partial charge in [0.1, 0.15) is 0 Å². The number of allylic oxidation sites excluding steroid dienone is 2. The molecule has 0 fully saturated rings. The molecule has 0 N–H and O–H groups in total. The molecular weight excluding hydrogens is 198 g/mol. The third-order valence-electron chi connectivity index (χ3n) is 2.41. The zero-order valence-corrected chi connectivity index (χ0v) is 11.2. The molecule has 15 heavy (non-hydrogen) atoms. The van der Waals surface area contributed by atoms with Crippen molar-refractivity contribution in [3.05, 3.63) is 36.2 Å². The normalized spacial score (nSPS) is 12.9. The maximum Gasteiger partial charge on any atom is 0.0655 e. The first kappa shape index (κ1) is 12.2. The van der Waals surface area contributed by atoms with Gasteiger partial charge in [-0.1, -0.05) is 37.8 Å². The average molecular weight is 219 g/mol. The van der Waals surface area contributed by atoms with Gasteiger partial charge in [-0.25, -0.2) is 0 Å². The molecule has 1 aromatic heterocycles. The summed E-state index contributed by atoms with van der Waals surface area (Å²) in [4.78, 5) is 4.34. The summed E-state index contributed by atoms with van der Waals surface area (Å²) in [7, 11) is -0.890. The predicted molar refractivity (Wildman–Crippen MR) is 70.7 cm³/mol. The fourth-order valence-electron chi connectivity index (χ4n) is 1.42. The van der Waals surface area contributed by atoms with Gasteiger partial charge in [0.2, 0.25) is 0 Å². The van der Waals surface area contributed by atoms with Crippen LogP contribution in [0, 0.1) is 0 Å². The van der Waals surface area contributed by atoms with Crippen LogP contribution in [0.4, 0.5) is 0 Å². The van der Waals surface area contributed by atoms with Gasteiger partial charge in [-0.3, -0.25) is 4.98 Å². The second-order valence-electron chi connectivity index (χ2n) is 5.20. The van der Waals surface area contributed by atoms with Gasteiger partial charge in [0.05, 0.1) is 5.69 Å². The van der Waals surface area contributed by atoms with Crippen LogP contribution in [0.25, 0.3) is 5.57 Å². The molecule has 0 saturated carbocycles. The summed E-state index contributed by atoms with van der Waals surface area (Å²) in [6.07, 6.45) is 5.36. The van der Waals surface area contributed by atoms with Gasteiger partial charge < -0.3 is 0 Å². The highest BCUT2D eigenvalue weighted by Crippen LogP contribution is 2.16. The molecule has 2 heteroatoms. The molecule has 0 saturated heterocycles. The van der Waals surface area contributed by atoms with E-state index in [1.807, 2.05) is 18.3 Å². The molecule has 0 spiro atoms. The van der Waals surface area contributed by atoms with E-state index in [0.29, 0.717) is 0 Å². The molecule has 1 nitrogen and oxygen atoms in total. The van der Waals surface area contributed by atoms with Crippen LogP contribution in [-0.4, -0.2) is 13.1 Å². The minimum atomic E-state index is -0.890. The van der Waals surface area contributed by atoms with Gasteiger partial charge >= 0.3 is 0 Å². The molecule has 1 aromatic rings. The molecule has 1 heterocycles. The van der Waals surface area contributed by atoms with Crippen molar-refractivity contribution in [2.45, 2.75) is 39.0 Å². The molecule has 0 aromatic carbocycles. The minimum absolute atomic E-state index is 0.890. The van der Waals surface area contributed by atoms with Gasteiger partial charge in [-0.2, -0.15) is 0 Å². The highest BCUT2D eigenvalue weighted by atomic mass is 28.3. The fourth-order valence-corrected chi connectivity index (χ4v) is 2.43. The van der Waals surface area contributed by atoms with Crippen LogP contribution in [-0.2, 0) is 0 Å². The zero-order chi connectivity index (χ0) is 11.3. The van der Waals surface area contributed by atoms with E-state index in [4.69, 9.17) is 0 Å². The molecule has 0 radical (unpaired) electrons. The van der Waals surface area contributed by atoms with Crippen LogP contribution >= 0.6 is 0 Å². The van der Waals surface area contributed by atoms with Crippen molar-refractivity contribution in [3.63, 3.8) is 0 Å². The maximum atomic E-state index is 4.34. The van der Waals surface area contributed by atoms with E-state index < -0.39 is 8.07 Å². The summed E-state index contributed by atoms with van der Waals surface area (Å²) in [6.45, 7) is 9.39. The van der Waals surface area contributed by atoms with Gasteiger partial charge in [-0.05, 0) is 31.1 Å². The summed E-state index contributed by atoms with van der Waals surface area (Å²) in [6, 6.07) is 7.43. The topological polar surface area (TPSA) is 12.9 Å². The lowest BCUT2D eigenvalue weighted by Crippen LogP contribution is -2.18. The zero-order valence-electron chi connectivity index (χ0n) is 10.2. The number of nitrogens with zero attached hydrogens (tertiary/aromatic N) is 1. The number of aromatic nitrogens is 1. The van der Waals surface area contributed by atoms with Gasteiger partial charge in [0.25, 0.3) is 0 Å². The third kappa shape index (κ3) is 4.93. The smallest absolute Gasteiger partial charge is 0.0655 e. The van der Waals surface area contributed by atoms with Crippen molar-refractivity contribution in [1.29, 1.82) is 0 Å². The van der Waals surface area contributed by atoms with Crippen molar-refractivity contribution < 1.29 is 0 Å². The Hall–Kier alpha value is -0.893. The monoisotopic (exact) mass is 219 g/mol. The lowest BCUT2D eigenvalue weighted by Gasteiger charge is -2.13. The van der Waals surface area contributed by atoms with Gasteiger partial charge in [0.15, 0.2) is 0 Å². The van der Waals surface area contributed by atoms with Crippen LogP contribution in [0.1, 0.15) is 19.0 Å². The maximum absolute atomic E-state index is 4.34. The van der Waals surface area contributed by atoms with E-state index >= 15 is 0 Å². The van der Waals surface area contributed by atoms with Crippen molar-refractivity contribution in [3.8, 4) is 0 Å². The van der Waals surface area contributed by atoms with Crippen LogP contribution < -0.4 is 0 Å². The summed E-state index contributed by atoms with van der Waals surface area (Å²) < 4.78 is 0. The fraction of sp³-hybridized carbons (Fsp3) is 0.462. The minimum Gasteiger partial charge on any atom is -0.257 e. The Balaban J connectivity index is 2.54. The summed E-state index contributed by atoms with van der Waals surface area (Å²) >= 11 is 0. The SMILES string of the molecule is C/C(=C\CC[Si](C)(C)C)c1ccccn1. The first-order chi connectivity index (χ1) is 6.99. The summed E-state index contributed by atoms with van der Waals surface area (Å²) in [5, 5.41) is 0. The second kappa shape index (κ2) is 5.26. The largest absolute Gasteiger partial charge is 0.257 e. The number of hydrogen-bond donors (Lipinski definition) is 0. The van der Waals surface area contributed by atoms with Crippen molar-refractivity contribution >= 4 is 13.6 Å². The van der Waals surface area contributed by atoms with Crippen LogP contribution in [0.2, 0.25) is 25.7 Å². The van der Waals surface area contributed by atoms with Crippen LogP contribution in [0.5, 0.6) is 0 Å². The van der Waals surface area contributed by atoms with E-state index in [0.717, 1.165) is 5.69 Å². The summed E-state index contributed by atoms with van der Waals surface area (Å²) in [5.41, 5.74) is 2.40. The Bertz CT molecular complexity index is 322. The second-order valence-corrected chi connectivity index (χ2v) is 10.8. The predicted octanol–water partition coefficient (Wildman–Crippen LogP) is 4.21. The molecule has 0 unspecified atom stereocenters. The molecule has 0 aliphatic carbocycles. The van der Waals surface area contributed by atoms with E-state index in [9.17, 15) is 0 Å².